The summed E-state index contributed by atoms with van der Waals surface area (Å²) in [6.07, 6.45) is 3.56. The molecule has 43 heavy (non-hydrogen) atoms. The maximum absolute atomic E-state index is 14.0. The zero-order valence-electron chi connectivity index (χ0n) is 24.4. The van der Waals surface area contributed by atoms with Gasteiger partial charge in [0.25, 0.3) is 0 Å². The van der Waals surface area contributed by atoms with Gasteiger partial charge in [0, 0.05) is 68.5 Å². The van der Waals surface area contributed by atoms with Gasteiger partial charge in [0.15, 0.2) is 0 Å². The molecule has 224 valence electrons. The van der Waals surface area contributed by atoms with Gasteiger partial charge in [-0.15, -0.1) is 0 Å². The van der Waals surface area contributed by atoms with E-state index in [1.165, 1.54) is 18.2 Å². The SMILES string of the molecule is C=CC(=O)N1CC[C@H](N2C(=O)N(c3ccc(F)cc3)Cc3cnc(Nc4ccc(N5CCN(C)CC5)cc4OC)nc32)C1. The van der Waals surface area contributed by atoms with Crippen molar-refractivity contribution in [2.75, 3.05) is 73.4 Å². The maximum atomic E-state index is 14.0. The number of methoxy groups -OCH3 is 1. The van der Waals surface area contributed by atoms with Crippen molar-refractivity contribution in [2.24, 2.45) is 0 Å². The molecule has 4 heterocycles. The third-order valence-electron chi connectivity index (χ3n) is 8.29. The number of rotatable bonds is 7. The molecular weight excluding hydrogens is 551 g/mol. The van der Waals surface area contributed by atoms with E-state index in [1.54, 1.807) is 40.1 Å². The van der Waals surface area contributed by atoms with Crippen molar-refractivity contribution in [2.45, 2.75) is 19.0 Å². The second-order valence-corrected chi connectivity index (χ2v) is 11.0. The van der Waals surface area contributed by atoms with Crippen LogP contribution in [0, 0.1) is 5.82 Å². The molecule has 0 spiro atoms. The van der Waals surface area contributed by atoms with Crippen LogP contribution in [-0.2, 0) is 11.3 Å². The summed E-state index contributed by atoms with van der Waals surface area (Å²) in [5.74, 6) is 0.884. The summed E-state index contributed by atoms with van der Waals surface area (Å²) in [4.78, 5) is 45.3. The van der Waals surface area contributed by atoms with E-state index in [2.05, 4.69) is 39.8 Å². The van der Waals surface area contributed by atoms with Crippen molar-refractivity contribution in [3.8, 4) is 5.75 Å². The molecule has 3 aliphatic heterocycles. The van der Waals surface area contributed by atoms with Crippen molar-refractivity contribution in [1.82, 2.24) is 19.8 Å². The van der Waals surface area contributed by atoms with E-state index >= 15 is 0 Å². The predicted molar refractivity (Wildman–Crippen MR) is 164 cm³/mol. The number of piperazine rings is 1. The first-order chi connectivity index (χ1) is 20.8. The third-order valence-corrected chi connectivity index (χ3v) is 8.29. The van der Waals surface area contributed by atoms with Gasteiger partial charge >= 0.3 is 6.03 Å². The Morgan fingerprint density at radius 2 is 1.84 bits per heavy atom. The number of hydrogen-bond donors (Lipinski definition) is 1. The molecule has 3 aromatic rings. The number of carbonyl (C=O) groups is 2. The second-order valence-electron chi connectivity index (χ2n) is 11.0. The summed E-state index contributed by atoms with van der Waals surface area (Å²) < 4.78 is 19.4. The Morgan fingerprint density at radius 3 is 2.56 bits per heavy atom. The monoisotopic (exact) mass is 586 g/mol. The molecule has 0 radical (unpaired) electrons. The van der Waals surface area contributed by atoms with E-state index in [-0.39, 0.29) is 30.3 Å². The van der Waals surface area contributed by atoms with E-state index in [9.17, 15) is 14.0 Å². The topological polar surface area (TPSA) is 97.4 Å². The van der Waals surface area contributed by atoms with Crippen molar-refractivity contribution < 1.29 is 18.7 Å². The zero-order chi connectivity index (χ0) is 30.1. The first kappa shape index (κ1) is 28.4. The quantitative estimate of drug-likeness (QED) is 0.417. The van der Waals surface area contributed by atoms with E-state index < -0.39 is 0 Å². The van der Waals surface area contributed by atoms with Gasteiger partial charge in [-0.2, -0.15) is 4.98 Å². The van der Waals surface area contributed by atoms with E-state index in [0.717, 1.165) is 37.4 Å². The minimum atomic E-state index is -0.383. The van der Waals surface area contributed by atoms with Gasteiger partial charge in [0.1, 0.15) is 17.4 Å². The predicted octanol–water partition coefficient (Wildman–Crippen LogP) is 3.85. The van der Waals surface area contributed by atoms with Crippen LogP contribution in [-0.4, -0.2) is 91.2 Å². The smallest absolute Gasteiger partial charge is 0.330 e. The molecule has 6 rings (SSSR count). The van der Waals surface area contributed by atoms with Crippen molar-refractivity contribution in [1.29, 1.82) is 0 Å². The Balaban J connectivity index is 1.30. The second kappa shape index (κ2) is 11.9. The number of nitrogens with one attached hydrogen (secondary N) is 1. The van der Waals surface area contributed by atoms with Crippen molar-refractivity contribution >= 4 is 40.8 Å². The highest BCUT2D eigenvalue weighted by Crippen LogP contribution is 2.36. The normalized spacial score (nSPS) is 19.0. The highest BCUT2D eigenvalue weighted by atomic mass is 19.1. The Labute approximate surface area is 250 Å². The standard InChI is InChI=1S/C31H35FN8O3/c1-4-28(41)38-12-11-25(20-38)40-29-21(19-39(31(40)42)23-7-5-22(32)6-8-23)18-33-30(35-29)34-26-10-9-24(17-27(26)43-3)37-15-13-36(2)14-16-37/h4-10,17-18,25H,1,11-16,19-20H2,2-3H3,(H,33,34,35)/t25-/m0/s1. The Hall–Kier alpha value is -4.71. The zero-order valence-corrected chi connectivity index (χ0v) is 24.4. The lowest BCUT2D eigenvalue weighted by molar-refractivity contribution is -0.125. The average molecular weight is 587 g/mol. The number of anilines is 5. The Bertz CT molecular complexity index is 1530. The van der Waals surface area contributed by atoms with E-state index in [1.807, 2.05) is 12.1 Å². The van der Waals surface area contributed by atoms with Crippen molar-refractivity contribution in [3.63, 3.8) is 0 Å². The molecule has 3 amide bonds. The third kappa shape index (κ3) is 5.70. The number of nitrogens with zero attached hydrogens (tertiary/aromatic N) is 7. The number of halogens is 1. The average Bonchev–Trinajstić information content (AvgIpc) is 3.51. The van der Waals surface area contributed by atoms with Crippen LogP contribution >= 0.6 is 0 Å². The number of likely N-dealkylation sites (tertiary alicyclic amines) is 1. The van der Waals surface area contributed by atoms with Gasteiger partial charge in [-0.3, -0.25) is 14.6 Å². The number of hydrogen-bond acceptors (Lipinski definition) is 8. The fourth-order valence-corrected chi connectivity index (χ4v) is 5.84. The summed E-state index contributed by atoms with van der Waals surface area (Å²) in [6, 6.07) is 11.2. The number of fused-ring (bicyclic) bond motifs is 1. The number of likely N-dealkylation sites (N-methyl/N-ethyl adjacent to an activating group) is 1. The fraction of sp³-hybridized carbons (Fsp3) is 0.355. The first-order valence-electron chi connectivity index (χ1n) is 14.4. The van der Waals surface area contributed by atoms with Gasteiger partial charge in [0.05, 0.1) is 25.4 Å². The van der Waals surface area contributed by atoms with Crippen LogP contribution in [0.15, 0.2) is 61.3 Å². The number of carbonyl (C=O) groups excluding carboxylic acids is 2. The summed E-state index contributed by atoms with van der Waals surface area (Å²) in [5.41, 5.74) is 3.08. The number of urea groups is 1. The Kier molecular flexibility index (Phi) is 7.85. The minimum Gasteiger partial charge on any atom is -0.494 e. The first-order valence-corrected chi connectivity index (χ1v) is 14.4. The van der Waals surface area contributed by atoms with Crippen LogP contribution in [0.4, 0.5) is 38.0 Å². The molecule has 0 bridgehead atoms. The lowest BCUT2D eigenvalue weighted by Gasteiger charge is -2.39. The molecule has 0 unspecified atom stereocenters. The van der Waals surface area contributed by atoms with Crippen LogP contribution in [0.3, 0.4) is 0 Å². The lowest BCUT2D eigenvalue weighted by atomic mass is 10.1. The largest absolute Gasteiger partial charge is 0.494 e. The summed E-state index contributed by atoms with van der Waals surface area (Å²) >= 11 is 0. The van der Waals surface area contributed by atoms with Gasteiger partial charge < -0.3 is 24.8 Å². The fourth-order valence-electron chi connectivity index (χ4n) is 5.84. The molecule has 2 aromatic carbocycles. The van der Waals surface area contributed by atoms with Gasteiger partial charge in [-0.1, -0.05) is 6.58 Å². The molecule has 11 nitrogen and oxygen atoms in total. The molecule has 1 atom stereocenters. The highest BCUT2D eigenvalue weighted by Gasteiger charge is 2.41. The van der Waals surface area contributed by atoms with Crippen LogP contribution < -0.4 is 24.8 Å². The number of aromatic nitrogens is 2. The van der Waals surface area contributed by atoms with Crippen LogP contribution in [0.2, 0.25) is 0 Å². The molecule has 0 saturated carbocycles. The molecule has 2 saturated heterocycles. The number of ether oxygens (including phenoxy) is 1. The molecular formula is C31H35FN8O3. The van der Waals surface area contributed by atoms with Gasteiger partial charge in [-0.05, 0) is 55.9 Å². The molecule has 1 aromatic heterocycles. The highest BCUT2D eigenvalue weighted by molar-refractivity contribution is 6.06. The minimum absolute atomic E-state index is 0.181. The molecule has 12 heteroatoms. The molecule has 1 N–H and O–H groups in total. The van der Waals surface area contributed by atoms with Crippen LogP contribution in [0.5, 0.6) is 5.75 Å². The Morgan fingerprint density at radius 1 is 1.09 bits per heavy atom. The lowest BCUT2D eigenvalue weighted by Crippen LogP contribution is -2.53. The number of benzene rings is 2. The molecule has 2 fully saturated rings. The summed E-state index contributed by atoms with van der Waals surface area (Å²) in [6.45, 7) is 8.55. The van der Waals surface area contributed by atoms with Crippen molar-refractivity contribution in [3.05, 3.63) is 72.7 Å². The molecule has 0 aliphatic carbocycles. The maximum Gasteiger partial charge on any atom is 0.330 e. The van der Waals surface area contributed by atoms with Gasteiger partial charge in [0.2, 0.25) is 11.9 Å². The summed E-state index contributed by atoms with van der Waals surface area (Å²) in [7, 11) is 3.75. The van der Waals surface area contributed by atoms with E-state index in [4.69, 9.17) is 9.72 Å². The van der Waals surface area contributed by atoms with Gasteiger partial charge in [-0.25, -0.2) is 14.2 Å². The molecule has 3 aliphatic rings. The van der Waals surface area contributed by atoms with Crippen LogP contribution in [0.25, 0.3) is 0 Å². The van der Waals surface area contributed by atoms with E-state index in [0.29, 0.717) is 48.4 Å². The van der Waals surface area contributed by atoms with Crippen LogP contribution in [0.1, 0.15) is 12.0 Å². The summed E-state index contributed by atoms with van der Waals surface area (Å²) in [5, 5.41) is 3.28. The number of amides is 3.